The third-order valence-corrected chi connectivity index (χ3v) is 4.74. The summed E-state index contributed by atoms with van der Waals surface area (Å²) in [5, 5.41) is 7.53. The van der Waals surface area contributed by atoms with E-state index in [4.69, 9.17) is 4.74 Å². The van der Waals surface area contributed by atoms with Crippen LogP contribution in [0.5, 0.6) is 5.75 Å². The number of rotatable bonds is 4. The normalized spacial score (nSPS) is 19.5. The number of aryl methyl sites for hydroxylation is 1. The van der Waals surface area contributed by atoms with Crippen LogP contribution in [0.25, 0.3) is 0 Å². The number of fused-ring (bicyclic) bond motifs is 1. The number of hydrogen-bond acceptors (Lipinski definition) is 4. The molecular formula is C17H18N2O3S. The highest BCUT2D eigenvalue weighted by Gasteiger charge is 2.47. The average molecular weight is 330 g/mol. The van der Waals surface area contributed by atoms with Gasteiger partial charge in [0.2, 0.25) is 0 Å². The topological polar surface area (TPSA) is 67.4 Å². The van der Waals surface area contributed by atoms with Crippen LogP contribution in [-0.4, -0.2) is 24.0 Å². The zero-order valence-corrected chi connectivity index (χ0v) is 13.8. The molecule has 2 heterocycles. The van der Waals surface area contributed by atoms with E-state index in [0.29, 0.717) is 18.0 Å². The van der Waals surface area contributed by atoms with Crippen LogP contribution >= 0.6 is 11.3 Å². The highest BCUT2D eigenvalue weighted by molar-refractivity contribution is 7.09. The molecule has 2 amide bonds. The second kappa shape index (κ2) is 6.04. The molecule has 1 aromatic carbocycles. The van der Waals surface area contributed by atoms with Crippen LogP contribution in [0.1, 0.15) is 17.4 Å². The Morgan fingerprint density at radius 2 is 2.22 bits per heavy atom. The Hall–Kier alpha value is -2.34. The Bertz CT molecular complexity index is 742. The van der Waals surface area contributed by atoms with E-state index in [1.165, 1.54) is 11.8 Å². The third kappa shape index (κ3) is 3.07. The largest absolute Gasteiger partial charge is 0.466 e. The summed E-state index contributed by atoms with van der Waals surface area (Å²) in [6, 6.07) is 9.45. The molecule has 0 aliphatic carbocycles. The quantitative estimate of drug-likeness (QED) is 0.847. The van der Waals surface area contributed by atoms with E-state index in [2.05, 4.69) is 10.6 Å². The molecule has 0 fully saturated rings. The van der Waals surface area contributed by atoms with E-state index in [9.17, 15) is 9.59 Å². The number of carbonyl (C=O) groups is 2. The first kappa shape index (κ1) is 15.6. The molecule has 1 atom stereocenters. The number of hydrogen-bond donors (Lipinski definition) is 2. The van der Waals surface area contributed by atoms with Crippen molar-refractivity contribution in [3.05, 3.63) is 46.2 Å². The van der Waals surface area contributed by atoms with Crippen molar-refractivity contribution in [2.75, 3.05) is 11.9 Å². The maximum absolute atomic E-state index is 12.4. The van der Waals surface area contributed by atoms with Crippen LogP contribution in [-0.2, 0) is 16.0 Å². The smallest absolute Gasteiger partial charge is 0.278 e. The van der Waals surface area contributed by atoms with Gasteiger partial charge in [0.05, 0.1) is 5.69 Å². The lowest BCUT2D eigenvalue weighted by atomic mass is 10.0. The Balaban J connectivity index is 1.69. The summed E-state index contributed by atoms with van der Waals surface area (Å²) in [5.74, 6) is -0.381. The number of ether oxygens (including phenoxy) is 1. The summed E-state index contributed by atoms with van der Waals surface area (Å²) < 4.78 is 5.71. The molecule has 0 saturated heterocycles. The van der Waals surface area contributed by atoms with Crippen LogP contribution in [0.4, 0.5) is 5.69 Å². The van der Waals surface area contributed by atoms with Crippen molar-refractivity contribution >= 4 is 28.8 Å². The molecule has 1 aliphatic heterocycles. The molecule has 0 radical (unpaired) electrons. The minimum atomic E-state index is -1.56. The molecule has 1 aliphatic rings. The van der Waals surface area contributed by atoms with Gasteiger partial charge in [0.15, 0.2) is 0 Å². The molecule has 6 heteroatoms. The third-order valence-electron chi connectivity index (χ3n) is 3.80. The van der Waals surface area contributed by atoms with Gasteiger partial charge in [-0.1, -0.05) is 12.1 Å². The minimum absolute atomic E-state index is 0.433. The zero-order chi connectivity index (χ0) is 16.4. The lowest BCUT2D eigenvalue weighted by Gasteiger charge is -2.33. The van der Waals surface area contributed by atoms with E-state index in [-0.39, 0.29) is 0 Å². The predicted octanol–water partition coefficient (Wildman–Crippen LogP) is 2.51. The van der Waals surface area contributed by atoms with Gasteiger partial charge in [-0.3, -0.25) is 9.59 Å². The fourth-order valence-corrected chi connectivity index (χ4v) is 3.12. The second-order valence-electron chi connectivity index (χ2n) is 5.67. The van der Waals surface area contributed by atoms with Gasteiger partial charge in [-0.15, -0.1) is 11.3 Å². The summed E-state index contributed by atoms with van der Waals surface area (Å²) in [7, 11) is 0. The minimum Gasteiger partial charge on any atom is -0.466 e. The van der Waals surface area contributed by atoms with Crippen LogP contribution in [0.15, 0.2) is 35.7 Å². The van der Waals surface area contributed by atoms with Crippen molar-refractivity contribution in [3.8, 4) is 5.75 Å². The molecular weight excluding hydrogens is 312 g/mol. The van der Waals surface area contributed by atoms with E-state index in [0.717, 1.165) is 12.0 Å². The number of anilines is 1. The molecule has 3 rings (SSSR count). The molecule has 0 spiro atoms. The summed E-state index contributed by atoms with van der Waals surface area (Å²) >= 11 is 1.64. The number of nitrogens with one attached hydrogen (secondary N) is 2. The van der Waals surface area contributed by atoms with Crippen molar-refractivity contribution < 1.29 is 14.3 Å². The van der Waals surface area contributed by atoms with Gasteiger partial charge in [0.25, 0.3) is 17.4 Å². The van der Waals surface area contributed by atoms with Crippen LogP contribution in [0.2, 0.25) is 0 Å². The van der Waals surface area contributed by atoms with Crippen molar-refractivity contribution in [3.63, 3.8) is 0 Å². The second-order valence-corrected chi connectivity index (χ2v) is 6.71. The maximum Gasteiger partial charge on any atom is 0.278 e. The molecule has 2 aromatic rings. The van der Waals surface area contributed by atoms with Crippen LogP contribution < -0.4 is 15.4 Å². The van der Waals surface area contributed by atoms with Gasteiger partial charge < -0.3 is 15.4 Å². The Morgan fingerprint density at radius 1 is 1.39 bits per heavy atom. The number of amides is 2. The molecule has 0 unspecified atom stereocenters. The molecule has 1 aromatic heterocycles. The van der Waals surface area contributed by atoms with Gasteiger partial charge >= 0.3 is 0 Å². The summed E-state index contributed by atoms with van der Waals surface area (Å²) in [6.07, 6.45) is 0.733. The summed E-state index contributed by atoms with van der Waals surface area (Å²) in [4.78, 5) is 26.0. The number of carbonyl (C=O) groups excluding carboxylic acids is 2. The zero-order valence-electron chi connectivity index (χ0n) is 13.0. The Kier molecular flexibility index (Phi) is 4.09. The molecule has 2 N–H and O–H groups in total. The van der Waals surface area contributed by atoms with Gasteiger partial charge in [0, 0.05) is 11.4 Å². The molecule has 23 heavy (non-hydrogen) atoms. The van der Waals surface area contributed by atoms with Crippen molar-refractivity contribution in [1.29, 1.82) is 0 Å². The van der Waals surface area contributed by atoms with Crippen molar-refractivity contribution in [1.82, 2.24) is 5.32 Å². The molecule has 120 valence electrons. The average Bonchev–Trinajstić information content (AvgIpc) is 3.02. The predicted molar refractivity (Wildman–Crippen MR) is 89.9 cm³/mol. The number of benzene rings is 1. The van der Waals surface area contributed by atoms with Crippen LogP contribution in [0, 0.1) is 6.92 Å². The van der Waals surface area contributed by atoms with Crippen molar-refractivity contribution in [2.24, 2.45) is 0 Å². The highest BCUT2D eigenvalue weighted by Crippen LogP contribution is 2.34. The van der Waals surface area contributed by atoms with Gasteiger partial charge in [0.1, 0.15) is 5.75 Å². The van der Waals surface area contributed by atoms with Gasteiger partial charge in [-0.25, -0.2) is 0 Å². The Labute approximate surface area is 138 Å². The van der Waals surface area contributed by atoms with E-state index >= 15 is 0 Å². The number of thiophene rings is 1. The monoisotopic (exact) mass is 330 g/mol. The van der Waals surface area contributed by atoms with Gasteiger partial charge in [-0.05, 0) is 49.4 Å². The fraction of sp³-hybridized carbons (Fsp3) is 0.294. The first-order valence-electron chi connectivity index (χ1n) is 7.41. The SMILES string of the molecule is Cc1ccc2c(c1)NC(=O)[C@](C)(C(=O)NCCc1cccs1)O2. The Morgan fingerprint density at radius 3 is 2.96 bits per heavy atom. The first-order valence-corrected chi connectivity index (χ1v) is 8.29. The molecule has 5 nitrogen and oxygen atoms in total. The van der Waals surface area contributed by atoms with Crippen LogP contribution in [0.3, 0.4) is 0 Å². The molecule has 0 saturated carbocycles. The standard InChI is InChI=1S/C17H18N2O3S/c1-11-5-6-14-13(10-11)19-16(21)17(2,22-14)15(20)18-8-7-12-4-3-9-23-12/h3-6,9-10H,7-8H2,1-2H3,(H,18,20)(H,19,21)/t17-/m0/s1. The first-order chi connectivity index (χ1) is 11.0. The van der Waals surface area contributed by atoms with Gasteiger partial charge in [-0.2, -0.15) is 0 Å². The highest BCUT2D eigenvalue weighted by atomic mass is 32.1. The lowest BCUT2D eigenvalue weighted by molar-refractivity contribution is -0.146. The van der Waals surface area contributed by atoms with E-state index < -0.39 is 17.4 Å². The fourth-order valence-electron chi connectivity index (χ4n) is 2.41. The lowest BCUT2D eigenvalue weighted by Crippen LogP contribution is -2.58. The van der Waals surface area contributed by atoms with Crippen molar-refractivity contribution in [2.45, 2.75) is 25.9 Å². The summed E-state index contributed by atoms with van der Waals surface area (Å²) in [5.41, 5.74) is 0.0491. The van der Waals surface area contributed by atoms with E-state index in [1.807, 2.05) is 36.6 Å². The summed E-state index contributed by atoms with van der Waals surface area (Å²) in [6.45, 7) is 3.88. The molecule has 0 bridgehead atoms. The van der Waals surface area contributed by atoms with E-state index in [1.54, 1.807) is 17.4 Å². The maximum atomic E-state index is 12.4.